The first-order valence-electron chi connectivity index (χ1n) is 11.1. The Kier molecular flexibility index (Phi) is 6.91. The van der Waals surface area contributed by atoms with Gasteiger partial charge in [-0.1, -0.05) is 17.7 Å². The number of hydrogen-bond acceptors (Lipinski definition) is 5. The number of benzene rings is 2. The highest BCUT2D eigenvalue weighted by Crippen LogP contribution is 2.44. The van der Waals surface area contributed by atoms with Crippen molar-refractivity contribution in [2.75, 3.05) is 6.26 Å². The Balaban J connectivity index is 1.62. The van der Waals surface area contributed by atoms with Crippen molar-refractivity contribution in [2.45, 2.75) is 55.3 Å². The van der Waals surface area contributed by atoms with E-state index in [1.807, 2.05) is 0 Å². The topological polar surface area (TPSA) is 104 Å². The molecule has 2 aliphatic rings. The molecule has 2 amide bonds. The number of nitrogens with one attached hydrogen (secondary N) is 1. The number of carbonyl (C=O) groups is 2. The number of carbonyl (C=O) groups excluding carboxylic acids is 2. The monoisotopic (exact) mass is 526 g/mol. The highest BCUT2D eigenvalue weighted by atomic mass is 35.5. The smallest absolute Gasteiger partial charge is 0.254 e. The summed E-state index contributed by atoms with van der Waals surface area (Å²) in [5.74, 6) is -2.79. The Hall–Kier alpha value is -2.56. The van der Waals surface area contributed by atoms with Gasteiger partial charge in [-0.15, -0.1) is 0 Å². The number of aliphatic hydroxyl groups is 1. The number of hydrogen-bond donors (Lipinski definition) is 2. The first-order chi connectivity index (χ1) is 16.4. The van der Waals surface area contributed by atoms with Gasteiger partial charge in [-0.25, -0.2) is 17.2 Å². The third kappa shape index (κ3) is 4.92. The van der Waals surface area contributed by atoms with E-state index in [0.717, 1.165) is 24.8 Å². The molecule has 5 atom stereocenters. The van der Waals surface area contributed by atoms with E-state index in [9.17, 15) is 31.9 Å². The molecule has 0 aromatic heterocycles. The normalized spacial score (nSPS) is 23.3. The number of nitrogens with zero attached hydrogens (tertiary/aromatic N) is 1. The minimum Gasteiger partial charge on any atom is -0.391 e. The summed E-state index contributed by atoms with van der Waals surface area (Å²) in [5.41, 5.74) is -0.133. The van der Waals surface area contributed by atoms with Gasteiger partial charge in [0.25, 0.3) is 5.91 Å². The van der Waals surface area contributed by atoms with Crippen LogP contribution in [0.15, 0.2) is 41.3 Å². The van der Waals surface area contributed by atoms with Gasteiger partial charge in [0.05, 0.1) is 22.1 Å². The van der Waals surface area contributed by atoms with E-state index >= 15 is 0 Å². The molecule has 1 saturated carbocycles. The average molecular weight is 527 g/mol. The number of sulfone groups is 1. The van der Waals surface area contributed by atoms with Gasteiger partial charge in [-0.05, 0) is 62.4 Å². The molecule has 2 fully saturated rings. The molecule has 2 aromatic carbocycles. The molecule has 7 nitrogen and oxygen atoms in total. The number of fused-ring (bicyclic) bond motifs is 1. The zero-order valence-electron chi connectivity index (χ0n) is 19.0. The molecule has 1 saturated heterocycles. The third-order valence-corrected chi connectivity index (χ3v) is 8.20. The summed E-state index contributed by atoms with van der Waals surface area (Å²) in [6.45, 7) is 1.33. The predicted molar refractivity (Wildman–Crippen MR) is 125 cm³/mol. The van der Waals surface area contributed by atoms with Crippen LogP contribution in [-0.2, 0) is 14.6 Å². The molecular formula is C24H25ClF2N2O5S. The second kappa shape index (κ2) is 9.48. The predicted octanol–water partition coefficient (Wildman–Crippen LogP) is 3.25. The van der Waals surface area contributed by atoms with Crippen molar-refractivity contribution in [1.82, 2.24) is 10.2 Å². The highest BCUT2D eigenvalue weighted by Gasteiger charge is 2.51. The van der Waals surface area contributed by atoms with Crippen LogP contribution in [0.5, 0.6) is 0 Å². The highest BCUT2D eigenvalue weighted by molar-refractivity contribution is 7.90. The average Bonchev–Trinajstić information content (AvgIpc) is 3.03. The van der Waals surface area contributed by atoms with Crippen LogP contribution in [0.3, 0.4) is 0 Å². The van der Waals surface area contributed by atoms with Crippen molar-refractivity contribution in [1.29, 1.82) is 0 Å². The maximum Gasteiger partial charge on any atom is 0.254 e. The van der Waals surface area contributed by atoms with E-state index in [4.69, 9.17) is 11.6 Å². The molecule has 0 spiro atoms. The summed E-state index contributed by atoms with van der Waals surface area (Å²) in [5, 5.41) is 12.4. The molecule has 2 N–H and O–H groups in total. The van der Waals surface area contributed by atoms with Crippen molar-refractivity contribution >= 4 is 33.3 Å². The van der Waals surface area contributed by atoms with E-state index in [1.54, 1.807) is 0 Å². The molecule has 188 valence electrons. The largest absolute Gasteiger partial charge is 0.391 e. The summed E-state index contributed by atoms with van der Waals surface area (Å²) in [4.78, 5) is 28.2. The SMILES string of the molecule is C[C@H](O)[C@@H](NC(=O)[C@H]1C[C@H]2CC[C@H]2N1C(=O)c1cccc(S(C)(=O)=O)c1)c1cc(F)c(Cl)cc1F. The Labute approximate surface area is 207 Å². The van der Waals surface area contributed by atoms with Gasteiger partial charge < -0.3 is 15.3 Å². The second-order valence-electron chi connectivity index (χ2n) is 9.18. The molecule has 1 aliphatic heterocycles. The van der Waals surface area contributed by atoms with Crippen molar-refractivity contribution in [3.63, 3.8) is 0 Å². The Bertz CT molecular complexity index is 1290. The fourth-order valence-corrected chi connectivity index (χ4v) is 5.66. The molecule has 0 bridgehead atoms. The first-order valence-corrected chi connectivity index (χ1v) is 13.4. The number of amides is 2. The van der Waals surface area contributed by atoms with Gasteiger partial charge in [0.2, 0.25) is 5.91 Å². The standard InChI is InChI=1S/C24H25ClF2N2O5S/c1-12(30)22(16-10-19(27)17(25)11-18(16)26)28-23(31)21-9-13-6-7-20(13)29(21)24(32)14-4-3-5-15(8-14)35(2,33)34/h3-5,8,10-13,20-22,30H,6-7,9H2,1-2H3,(H,28,31)/t12-,13+,20+,21+,22+/m0/s1. The van der Waals surface area contributed by atoms with Gasteiger partial charge >= 0.3 is 0 Å². The number of halogens is 3. The number of likely N-dealkylation sites (tertiary alicyclic amines) is 1. The van der Waals surface area contributed by atoms with Crippen molar-refractivity contribution in [3.8, 4) is 0 Å². The van der Waals surface area contributed by atoms with E-state index in [-0.39, 0.29) is 28.0 Å². The number of rotatable bonds is 6. The maximum absolute atomic E-state index is 14.5. The lowest BCUT2D eigenvalue weighted by Gasteiger charge is -2.37. The van der Waals surface area contributed by atoms with E-state index in [2.05, 4.69) is 5.32 Å². The molecular weight excluding hydrogens is 502 g/mol. The van der Waals surface area contributed by atoms with Crippen LogP contribution in [0.1, 0.15) is 48.1 Å². The quantitative estimate of drug-likeness (QED) is 0.562. The third-order valence-electron chi connectivity index (χ3n) is 6.80. The second-order valence-corrected chi connectivity index (χ2v) is 11.6. The summed E-state index contributed by atoms with van der Waals surface area (Å²) in [6, 6.07) is 4.84. The molecule has 11 heteroatoms. The molecule has 0 radical (unpaired) electrons. The summed E-state index contributed by atoms with van der Waals surface area (Å²) in [6.07, 6.45) is 1.67. The molecule has 35 heavy (non-hydrogen) atoms. The molecule has 4 rings (SSSR count). The van der Waals surface area contributed by atoms with E-state index in [1.165, 1.54) is 36.1 Å². The summed E-state index contributed by atoms with van der Waals surface area (Å²) >= 11 is 5.62. The Morgan fingerprint density at radius 3 is 2.49 bits per heavy atom. The molecule has 1 aliphatic carbocycles. The van der Waals surface area contributed by atoms with Gasteiger partial charge in [-0.3, -0.25) is 9.59 Å². The van der Waals surface area contributed by atoms with Crippen molar-refractivity contribution < 1.29 is 31.9 Å². The van der Waals surface area contributed by atoms with Gasteiger partial charge in [-0.2, -0.15) is 0 Å². The lowest BCUT2D eigenvalue weighted by Crippen LogP contribution is -2.52. The minimum absolute atomic E-state index is 0.0110. The Morgan fingerprint density at radius 1 is 1.17 bits per heavy atom. The molecule has 2 aromatic rings. The lowest BCUT2D eigenvalue weighted by molar-refractivity contribution is -0.126. The fraction of sp³-hybridized carbons (Fsp3) is 0.417. The van der Waals surface area contributed by atoms with E-state index in [0.29, 0.717) is 12.8 Å². The van der Waals surface area contributed by atoms with Crippen LogP contribution < -0.4 is 5.32 Å². The van der Waals surface area contributed by atoms with Crippen LogP contribution in [0, 0.1) is 17.6 Å². The van der Waals surface area contributed by atoms with Crippen LogP contribution in [0.2, 0.25) is 5.02 Å². The minimum atomic E-state index is -3.54. The summed E-state index contributed by atoms with van der Waals surface area (Å²) in [7, 11) is -3.54. The van der Waals surface area contributed by atoms with E-state index < -0.39 is 56.5 Å². The first kappa shape index (κ1) is 25.5. The van der Waals surface area contributed by atoms with Gasteiger partial charge in [0.1, 0.15) is 17.7 Å². The van der Waals surface area contributed by atoms with Crippen LogP contribution in [-0.4, -0.2) is 54.7 Å². The van der Waals surface area contributed by atoms with Crippen LogP contribution >= 0.6 is 11.6 Å². The Morgan fingerprint density at radius 2 is 1.89 bits per heavy atom. The lowest BCUT2D eigenvalue weighted by atomic mass is 9.80. The van der Waals surface area contributed by atoms with Crippen molar-refractivity contribution in [2.24, 2.45) is 5.92 Å². The fourth-order valence-electron chi connectivity index (χ4n) is 4.84. The summed E-state index contributed by atoms with van der Waals surface area (Å²) < 4.78 is 52.4. The van der Waals surface area contributed by atoms with Gasteiger partial charge in [0, 0.05) is 23.4 Å². The van der Waals surface area contributed by atoms with Crippen LogP contribution in [0.4, 0.5) is 8.78 Å². The van der Waals surface area contributed by atoms with Gasteiger partial charge in [0.15, 0.2) is 9.84 Å². The number of aliphatic hydroxyl groups excluding tert-OH is 1. The van der Waals surface area contributed by atoms with Crippen molar-refractivity contribution in [3.05, 3.63) is 64.2 Å². The zero-order valence-corrected chi connectivity index (χ0v) is 20.6. The maximum atomic E-state index is 14.5. The molecule has 0 unspecified atom stereocenters. The zero-order chi connectivity index (χ0) is 25.7. The molecule has 1 heterocycles. The van der Waals surface area contributed by atoms with Crippen LogP contribution in [0.25, 0.3) is 0 Å².